The number of benzene rings is 2. The molecule has 0 spiro atoms. The van der Waals surface area contributed by atoms with Gasteiger partial charge in [-0.15, -0.1) is 11.3 Å². The maximum absolute atomic E-state index is 12.2. The number of rotatable bonds is 3. The number of carbonyl (C=O) groups is 1. The summed E-state index contributed by atoms with van der Waals surface area (Å²) in [5.74, 6) is -0.471. The number of nitrogens with zero attached hydrogens (tertiary/aromatic N) is 2. The van der Waals surface area contributed by atoms with Gasteiger partial charge in [0.05, 0.1) is 17.3 Å². The molecule has 0 radical (unpaired) electrons. The molecule has 6 nitrogen and oxygen atoms in total. The highest BCUT2D eigenvalue weighted by atomic mass is 32.1. The van der Waals surface area contributed by atoms with Crippen LogP contribution in [0.4, 0.5) is 5.13 Å². The maximum Gasteiger partial charge on any atom is 0.257 e. The van der Waals surface area contributed by atoms with Gasteiger partial charge in [-0.3, -0.25) is 10.1 Å². The number of aromatic hydroxyl groups is 2. The third kappa shape index (κ3) is 3.19. The molecule has 2 aromatic carbocycles. The van der Waals surface area contributed by atoms with Gasteiger partial charge in [-0.05, 0) is 36.4 Å². The lowest BCUT2D eigenvalue weighted by Gasteiger charge is -2.03. The highest BCUT2D eigenvalue weighted by molar-refractivity contribution is 7.14. The molecule has 118 valence electrons. The Morgan fingerprint density at radius 2 is 1.92 bits per heavy atom. The Morgan fingerprint density at radius 1 is 1.17 bits per heavy atom. The Morgan fingerprint density at radius 3 is 2.58 bits per heavy atom. The minimum atomic E-state index is -0.338. The molecule has 0 fully saturated rings. The third-order valence-electron chi connectivity index (χ3n) is 3.26. The van der Waals surface area contributed by atoms with Crippen LogP contribution < -0.4 is 5.32 Å². The number of aromatic nitrogens is 1. The Balaban J connectivity index is 1.78. The first-order chi connectivity index (χ1) is 11.6. The van der Waals surface area contributed by atoms with Gasteiger partial charge in [0, 0.05) is 22.6 Å². The van der Waals surface area contributed by atoms with Crippen LogP contribution >= 0.6 is 11.3 Å². The van der Waals surface area contributed by atoms with E-state index in [2.05, 4.69) is 10.3 Å². The van der Waals surface area contributed by atoms with E-state index in [1.54, 1.807) is 35.7 Å². The first-order valence-electron chi connectivity index (χ1n) is 6.86. The van der Waals surface area contributed by atoms with E-state index in [1.165, 1.54) is 23.5 Å². The predicted molar refractivity (Wildman–Crippen MR) is 90.0 cm³/mol. The van der Waals surface area contributed by atoms with E-state index in [0.29, 0.717) is 27.5 Å². The van der Waals surface area contributed by atoms with E-state index in [1.807, 2.05) is 6.07 Å². The number of amides is 1. The van der Waals surface area contributed by atoms with Crippen molar-refractivity contribution in [1.29, 1.82) is 5.26 Å². The van der Waals surface area contributed by atoms with Crippen LogP contribution in [0.5, 0.6) is 11.5 Å². The Bertz CT molecular complexity index is 942. The number of carbonyl (C=O) groups excluding carboxylic acids is 1. The summed E-state index contributed by atoms with van der Waals surface area (Å²) >= 11 is 1.22. The summed E-state index contributed by atoms with van der Waals surface area (Å²) in [5.41, 5.74) is 1.85. The molecule has 0 unspecified atom stereocenters. The summed E-state index contributed by atoms with van der Waals surface area (Å²) < 4.78 is 0. The first kappa shape index (κ1) is 15.5. The van der Waals surface area contributed by atoms with E-state index >= 15 is 0 Å². The van der Waals surface area contributed by atoms with Gasteiger partial charge in [0.2, 0.25) is 0 Å². The number of hydrogen-bond acceptors (Lipinski definition) is 6. The molecule has 0 saturated heterocycles. The zero-order valence-electron chi connectivity index (χ0n) is 12.2. The summed E-state index contributed by atoms with van der Waals surface area (Å²) in [6.07, 6.45) is 0. The van der Waals surface area contributed by atoms with E-state index in [0.717, 1.165) is 0 Å². The molecule has 3 rings (SSSR count). The van der Waals surface area contributed by atoms with Gasteiger partial charge in [0.25, 0.3) is 5.91 Å². The van der Waals surface area contributed by atoms with E-state index < -0.39 is 0 Å². The van der Waals surface area contributed by atoms with E-state index in [-0.39, 0.29) is 17.4 Å². The minimum absolute atomic E-state index is 0.0409. The Labute approximate surface area is 141 Å². The van der Waals surface area contributed by atoms with Crippen molar-refractivity contribution < 1.29 is 15.0 Å². The molecule has 0 atom stereocenters. The van der Waals surface area contributed by atoms with Gasteiger partial charge < -0.3 is 10.2 Å². The van der Waals surface area contributed by atoms with Crippen molar-refractivity contribution in [3.05, 3.63) is 59.0 Å². The van der Waals surface area contributed by atoms with Crippen LogP contribution in [0.2, 0.25) is 0 Å². The van der Waals surface area contributed by atoms with Crippen LogP contribution in [0.1, 0.15) is 15.9 Å². The highest BCUT2D eigenvalue weighted by Crippen LogP contribution is 2.33. The van der Waals surface area contributed by atoms with Crippen molar-refractivity contribution in [1.82, 2.24) is 4.98 Å². The van der Waals surface area contributed by atoms with Crippen LogP contribution in [0.25, 0.3) is 11.3 Å². The molecular formula is C17H11N3O3S. The lowest BCUT2D eigenvalue weighted by atomic mass is 10.1. The zero-order valence-corrected chi connectivity index (χ0v) is 13.0. The molecule has 24 heavy (non-hydrogen) atoms. The summed E-state index contributed by atoms with van der Waals surface area (Å²) in [4.78, 5) is 16.4. The van der Waals surface area contributed by atoms with Gasteiger partial charge in [0.15, 0.2) is 5.13 Å². The fourth-order valence-electron chi connectivity index (χ4n) is 2.06. The van der Waals surface area contributed by atoms with Crippen LogP contribution in [0.15, 0.2) is 47.8 Å². The summed E-state index contributed by atoms with van der Waals surface area (Å²) in [7, 11) is 0. The highest BCUT2D eigenvalue weighted by Gasteiger charge is 2.12. The third-order valence-corrected chi connectivity index (χ3v) is 4.02. The van der Waals surface area contributed by atoms with Gasteiger partial charge in [-0.25, -0.2) is 4.98 Å². The Kier molecular flexibility index (Phi) is 4.14. The number of anilines is 1. The molecule has 0 saturated carbocycles. The smallest absolute Gasteiger partial charge is 0.257 e. The molecule has 1 heterocycles. The lowest BCUT2D eigenvalue weighted by Crippen LogP contribution is -2.11. The monoisotopic (exact) mass is 337 g/mol. The van der Waals surface area contributed by atoms with Crippen molar-refractivity contribution in [2.75, 3.05) is 5.32 Å². The van der Waals surface area contributed by atoms with E-state index in [4.69, 9.17) is 5.26 Å². The second-order valence-corrected chi connectivity index (χ2v) is 5.74. The fourth-order valence-corrected chi connectivity index (χ4v) is 2.76. The number of nitriles is 1. The normalized spacial score (nSPS) is 10.1. The van der Waals surface area contributed by atoms with Gasteiger partial charge in [-0.1, -0.05) is 0 Å². The van der Waals surface area contributed by atoms with Crippen molar-refractivity contribution in [2.45, 2.75) is 0 Å². The van der Waals surface area contributed by atoms with Crippen molar-refractivity contribution in [3.8, 4) is 28.8 Å². The molecule has 0 aliphatic carbocycles. The number of thiazole rings is 1. The van der Waals surface area contributed by atoms with Crippen LogP contribution in [-0.2, 0) is 0 Å². The molecule has 7 heteroatoms. The first-order valence-corrected chi connectivity index (χ1v) is 7.74. The van der Waals surface area contributed by atoms with Crippen LogP contribution in [0.3, 0.4) is 0 Å². The van der Waals surface area contributed by atoms with Crippen molar-refractivity contribution >= 4 is 22.4 Å². The summed E-state index contributed by atoms with van der Waals surface area (Å²) in [6, 6.07) is 12.5. The number of phenols is 2. The SMILES string of the molecule is N#Cc1ccc(C(=O)Nc2nc(-c3ccc(O)cc3O)cs2)cc1. The fraction of sp³-hybridized carbons (Fsp3) is 0. The van der Waals surface area contributed by atoms with Crippen molar-refractivity contribution in [2.24, 2.45) is 0 Å². The topological polar surface area (TPSA) is 106 Å². The summed E-state index contributed by atoms with van der Waals surface area (Å²) in [5, 5.41) is 32.7. The number of phenolic OH excluding ortho intramolecular Hbond substituents is 2. The standard InChI is InChI=1S/C17H11N3O3S/c18-8-10-1-3-11(4-2-10)16(23)20-17-19-14(9-24-17)13-6-5-12(21)7-15(13)22/h1-7,9,21-22H,(H,19,20,23). The molecule has 0 aliphatic rings. The van der Waals surface area contributed by atoms with Gasteiger partial charge in [-0.2, -0.15) is 5.26 Å². The van der Waals surface area contributed by atoms with Crippen molar-refractivity contribution in [3.63, 3.8) is 0 Å². The largest absolute Gasteiger partial charge is 0.508 e. The average molecular weight is 337 g/mol. The van der Waals surface area contributed by atoms with Crippen LogP contribution in [-0.4, -0.2) is 21.1 Å². The second-order valence-electron chi connectivity index (χ2n) is 4.88. The predicted octanol–water partition coefficient (Wildman–Crippen LogP) is 3.35. The second kappa shape index (κ2) is 6.40. The lowest BCUT2D eigenvalue weighted by molar-refractivity contribution is 0.102. The quantitative estimate of drug-likeness (QED) is 0.679. The van der Waals surface area contributed by atoms with Gasteiger partial charge >= 0.3 is 0 Å². The average Bonchev–Trinajstić information content (AvgIpc) is 3.03. The molecule has 0 aliphatic heterocycles. The minimum Gasteiger partial charge on any atom is -0.508 e. The number of hydrogen-bond donors (Lipinski definition) is 3. The molecular weight excluding hydrogens is 326 g/mol. The maximum atomic E-state index is 12.2. The number of nitrogens with one attached hydrogen (secondary N) is 1. The molecule has 3 N–H and O–H groups in total. The van der Waals surface area contributed by atoms with E-state index in [9.17, 15) is 15.0 Å². The molecule has 1 amide bonds. The van der Waals surface area contributed by atoms with Crippen LogP contribution in [0, 0.1) is 11.3 Å². The molecule has 0 bridgehead atoms. The zero-order chi connectivity index (χ0) is 17.1. The molecule has 1 aromatic heterocycles. The Hall–Kier alpha value is -3.37. The molecule has 3 aromatic rings. The summed E-state index contributed by atoms with van der Waals surface area (Å²) in [6.45, 7) is 0. The van der Waals surface area contributed by atoms with Gasteiger partial charge in [0.1, 0.15) is 11.5 Å².